The van der Waals surface area contributed by atoms with E-state index in [9.17, 15) is 9.59 Å². The standard InChI is InChI=1S/C13H12N4O4/c18-12-8-21-11-4-2-1-3-10(11)17(12)6-5-16-7-9(13(19)20)14-15-16/h1-4,7H,5-6,8H2,(H,19,20). The van der Waals surface area contributed by atoms with Crippen molar-refractivity contribution in [3.8, 4) is 5.75 Å². The summed E-state index contributed by atoms with van der Waals surface area (Å²) in [7, 11) is 0. The van der Waals surface area contributed by atoms with Crippen LogP contribution in [0.4, 0.5) is 5.69 Å². The third kappa shape index (κ3) is 2.55. The number of carbonyl (C=O) groups is 2. The number of ether oxygens (including phenoxy) is 1. The third-order valence-electron chi connectivity index (χ3n) is 3.12. The third-order valence-corrected chi connectivity index (χ3v) is 3.12. The zero-order valence-corrected chi connectivity index (χ0v) is 11.0. The summed E-state index contributed by atoms with van der Waals surface area (Å²) in [5, 5.41) is 16.0. The minimum absolute atomic E-state index is 0.00521. The van der Waals surface area contributed by atoms with Gasteiger partial charge in [0.1, 0.15) is 5.75 Å². The average Bonchev–Trinajstić information content (AvgIpc) is 2.95. The van der Waals surface area contributed by atoms with Gasteiger partial charge in [-0.05, 0) is 12.1 Å². The Kier molecular flexibility index (Phi) is 3.27. The first-order valence-electron chi connectivity index (χ1n) is 6.31. The van der Waals surface area contributed by atoms with Crippen molar-refractivity contribution in [2.24, 2.45) is 0 Å². The van der Waals surface area contributed by atoms with Gasteiger partial charge in [0.2, 0.25) is 0 Å². The van der Waals surface area contributed by atoms with Crippen LogP contribution in [0.25, 0.3) is 0 Å². The Bertz CT molecular complexity index is 697. The number of hydrogen-bond acceptors (Lipinski definition) is 5. The molecule has 0 radical (unpaired) electrons. The number of rotatable bonds is 4. The van der Waals surface area contributed by atoms with Crippen LogP contribution in [0, 0.1) is 0 Å². The molecular formula is C13H12N4O4. The maximum atomic E-state index is 12.0. The Labute approximate surface area is 119 Å². The second kappa shape index (κ2) is 5.23. The van der Waals surface area contributed by atoms with Crippen molar-refractivity contribution < 1.29 is 19.4 Å². The van der Waals surface area contributed by atoms with E-state index >= 15 is 0 Å². The second-order valence-electron chi connectivity index (χ2n) is 4.47. The van der Waals surface area contributed by atoms with Crippen molar-refractivity contribution in [1.82, 2.24) is 15.0 Å². The predicted octanol–water partition coefficient (Wildman–Crippen LogP) is 0.402. The topological polar surface area (TPSA) is 97.5 Å². The SMILES string of the molecule is O=C(O)c1cn(CCN2C(=O)COc3ccccc32)nn1. The van der Waals surface area contributed by atoms with Crippen LogP contribution in [0.15, 0.2) is 30.5 Å². The zero-order valence-electron chi connectivity index (χ0n) is 11.0. The largest absolute Gasteiger partial charge is 0.482 e. The van der Waals surface area contributed by atoms with Crippen LogP contribution in [0.5, 0.6) is 5.75 Å². The van der Waals surface area contributed by atoms with Gasteiger partial charge in [0.25, 0.3) is 5.91 Å². The smallest absolute Gasteiger partial charge is 0.358 e. The van der Waals surface area contributed by atoms with E-state index in [1.165, 1.54) is 10.9 Å². The van der Waals surface area contributed by atoms with Crippen molar-refractivity contribution in [1.29, 1.82) is 0 Å². The average molecular weight is 288 g/mol. The number of amides is 1. The summed E-state index contributed by atoms with van der Waals surface area (Å²) in [5.41, 5.74) is 0.580. The summed E-state index contributed by atoms with van der Waals surface area (Å²) in [6, 6.07) is 7.26. The van der Waals surface area contributed by atoms with Crippen molar-refractivity contribution >= 4 is 17.6 Å². The lowest BCUT2D eigenvalue weighted by Crippen LogP contribution is -2.40. The summed E-state index contributed by atoms with van der Waals surface area (Å²) >= 11 is 0. The number of hydrogen-bond donors (Lipinski definition) is 1. The summed E-state index contributed by atoms with van der Waals surface area (Å²) in [6.45, 7) is 0.705. The van der Waals surface area contributed by atoms with E-state index in [0.29, 0.717) is 24.5 Å². The first kappa shape index (κ1) is 13.1. The molecule has 0 bridgehead atoms. The van der Waals surface area contributed by atoms with Crippen molar-refractivity contribution in [2.45, 2.75) is 6.54 Å². The molecule has 0 unspecified atom stereocenters. The number of carboxylic acid groups (broad SMARTS) is 1. The molecule has 0 fully saturated rings. The lowest BCUT2D eigenvalue weighted by molar-refractivity contribution is -0.121. The molecule has 108 valence electrons. The van der Waals surface area contributed by atoms with Crippen LogP contribution in [0.1, 0.15) is 10.5 Å². The highest BCUT2D eigenvalue weighted by Crippen LogP contribution is 2.31. The summed E-state index contributed by atoms with van der Waals surface area (Å²) in [5.74, 6) is -0.622. The van der Waals surface area contributed by atoms with Crippen molar-refractivity contribution in [3.05, 3.63) is 36.2 Å². The molecule has 1 aliphatic rings. The maximum absolute atomic E-state index is 12.0. The Morgan fingerprint density at radius 1 is 1.33 bits per heavy atom. The molecular weight excluding hydrogens is 276 g/mol. The Morgan fingerprint density at radius 3 is 2.90 bits per heavy atom. The van der Waals surface area contributed by atoms with Gasteiger partial charge in [0.15, 0.2) is 12.3 Å². The van der Waals surface area contributed by atoms with Crippen molar-refractivity contribution in [2.75, 3.05) is 18.1 Å². The van der Waals surface area contributed by atoms with E-state index in [-0.39, 0.29) is 18.2 Å². The molecule has 0 atom stereocenters. The fourth-order valence-corrected chi connectivity index (χ4v) is 2.11. The Hall–Kier alpha value is -2.90. The second-order valence-corrected chi connectivity index (χ2v) is 4.47. The Balaban J connectivity index is 1.75. The van der Waals surface area contributed by atoms with Gasteiger partial charge < -0.3 is 14.7 Å². The van der Waals surface area contributed by atoms with Crippen LogP contribution in [0.3, 0.4) is 0 Å². The van der Waals surface area contributed by atoms with Crippen LogP contribution >= 0.6 is 0 Å². The predicted molar refractivity (Wildman–Crippen MR) is 71.3 cm³/mol. The normalized spacial score (nSPS) is 13.7. The number of anilines is 1. The van der Waals surface area contributed by atoms with Crippen LogP contribution in [-0.2, 0) is 11.3 Å². The minimum atomic E-state index is -1.13. The number of carboxylic acids is 1. The monoisotopic (exact) mass is 288 g/mol. The summed E-state index contributed by atoms with van der Waals surface area (Å²) < 4.78 is 6.75. The quantitative estimate of drug-likeness (QED) is 0.874. The van der Waals surface area contributed by atoms with Gasteiger partial charge in [-0.1, -0.05) is 17.3 Å². The van der Waals surface area contributed by atoms with Crippen LogP contribution in [-0.4, -0.2) is 45.1 Å². The molecule has 8 nitrogen and oxygen atoms in total. The number of benzene rings is 1. The molecule has 21 heavy (non-hydrogen) atoms. The molecule has 1 N–H and O–H groups in total. The molecule has 0 saturated heterocycles. The molecule has 8 heteroatoms. The first-order chi connectivity index (χ1) is 10.1. The Morgan fingerprint density at radius 2 is 2.14 bits per heavy atom. The molecule has 1 amide bonds. The van der Waals surface area contributed by atoms with E-state index in [4.69, 9.17) is 9.84 Å². The summed E-state index contributed by atoms with van der Waals surface area (Å²) in [6.07, 6.45) is 1.33. The van der Waals surface area contributed by atoms with E-state index < -0.39 is 5.97 Å². The molecule has 0 spiro atoms. The maximum Gasteiger partial charge on any atom is 0.358 e. The minimum Gasteiger partial charge on any atom is -0.482 e. The highest BCUT2D eigenvalue weighted by molar-refractivity contribution is 5.97. The fourth-order valence-electron chi connectivity index (χ4n) is 2.11. The molecule has 1 aliphatic heterocycles. The number of aromatic carboxylic acids is 1. The van der Waals surface area contributed by atoms with E-state index in [1.807, 2.05) is 12.1 Å². The number of fused-ring (bicyclic) bond motifs is 1. The molecule has 2 heterocycles. The molecule has 2 aromatic rings. The number of para-hydroxylation sites is 2. The van der Waals surface area contributed by atoms with Crippen LogP contribution in [0.2, 0.25) is 0 Å². The lowest BCUT2D eigenvalue weighted by Gasteiger charge is -2.29. The number of carbonyl (C=O) groups excluding carboxylic acids is 1. The van der Waals surface area contributed by atoms with E-state index in [0.717, 1.165) is 0 Å². The molecule has 0 aliphatic carbocycles. The van der Waals surface area contributed by atoms with Gasteiger partial charge >= 0.3 is 5.97 Å². The highest BCUT2D eigenvalue weighted by Gasteiger charge is 2.24. The zero-order chi connectivity index (χ0) is 14.8. The van der Waals surface area contributed by atoms with E-state index in [2.05, 4.69) is 10.3 Å². The first-order valence-corrected chi connectivity index (χ1v) is 6.31. The van der Waals surface area contributed by atoms with Crippen molar-refractivity contribution in [3.63, 3.8) is 0 Å². The lowest BCUT2D eigenvalue weighted by atomic mass is 10.2. The van der Waals surface area contributed by atoms with Gasteiger partial charge in [0, 0.05) is 6.54 Å². The molecule has 1 aromatic carbocycles. The summed E-state index contributed by atoms with van der Waals surface area (Å²) in [4.78, 5) is 24.3. The van der Waals surface area contributed by atoms with Gasteiger partial charge in [-0.25, -0.2) is 9.48 Å². The molecule has 0 saturated carbocycles. The van der Waals surface area contributed by atoms with Gasteiger partial charge in [-0.2, -0.15) is 0 Å². The highest BCUT2D eigenvalue weighted by atomic mass is 16.5. The number of aromatic nitrogens is 3. The fraction of sp³-hybridized carbons (Fsp3) is 0.231. The van der Waals surface area contributed by atoms with Gasteiger partial charge in [-0.15, -0.1) is 5.10 Å². The molecule has 3 rings (SSSR count). The van der Waals surface area contributed by atoms with Gasteiger partial charge in [-0.3, -0.25) is 4.79 Å². The molecule has 1 aromatic heterocycles. The van der Waals surface area contributed by atoms with Gasteiger partial charge in [0.05, 0.1) is 18.4 Å². The van der Waals surface area contributed by atoms with E-state index in [1.54, 1.807) is 17.0 Å². The number of nitrogens with zero attached hydrogens (tertiary/aromatic N) is 4. The van der Waals surface area contributed by atoms with Crippen LogP contribution < -0.4 is 9.64 Å².